The van der Waals surface area contributed by atoms with Crippen LogP contribution in [0.5, 0.6) is 0 Å². The lowest BCUT2D eigenvalue weighted by atomic mass is 9.43. The summed E-state index contributed by atoms with van der Waals surface area (Å²) in [4.78, 5) is 40.5. The van der Waals surface area contributed by atoms with Crippen LogP contribution >= 0.6 is 0 Å². The number of esters is 2. The number of furan rings is 1. The molecule has 5 saturated carbocycles. The minimum atomic E-state index is -1.53. The van der Waals surface area contributed by atoms with Gasteiger partial charge in [0.15, 0.2) is 0 Å². The van der Waals surface area contributed by atoms with Gasteiger partial charge in [-0.1, -0.05) is 52.8 Å². The number of ether oxygens (including phenoxy) is 3. The van der Waals surface area contributed by atoms with E-state index in [0.717, 1.165) is 30.6 Å². The quantitative estimate of drug-likeness (QED) is 0.154. The fourth-order valence-corrected chi connectivity index (χ4v) is 10.9. The van der Waals surface area contributed by atoms with E-state index in [1.807, 2.05) is 13.0 Å². The highest BCUT2D eigenvalue weighted by atomic mass is 28.3. The average molecular weight is 633 g/mol. The summed E-state index contributed by atoms with van der Waals surface area (Å²) in [5.74, 6) is 4.38. The molecule has 0 radical (unpaired) electrons. The molecule has 3 heterocycles. The van der Waals surface area contributed by atoms with E-state index < -0.39 is 36.6 Å². The second-order valence-electron chi connectivity index (χ2n) is 16.6. The maximum atomic E-state index is 14.3. The zero-order chi connectivity index (χ0) is 32.2. The molecule has 0 aromatic carbocycles. The number of hydrogen-bond acceptors (Lipinski definition) is 7. The molecule has 5 aliphatic carbocycles. The van der Waals surface area contributed by atoms with E-state index in [1.54, 1.807) is 6.26 Å². The van der Waals surface area contributed by atoms with Crippen LogP contribution < -0.4 is 0 Å². The lowest BCUT2D eigenvalue weighted by Crippen LogP contribution is -2.66. The molecule has 242 valence electrons. The monoisotopic (exact) mass is 632 g/mol. The van der Waals surface area contributed by atoms with Gasteiger partial charge in [-0.25, -0.2) is 0 Å². The molecule has 2 spiro atoms. The summed E-state index contributed by atoms with van der Waals surface area (Å²) in [7, 11) is -1.53. The summed E-state index contributed by atoms with van der Waals surface area (Å²) in [5.41, 5.74) is 3.48. The molecule has 0 amide bonds. The fourth-order valence-electron chi connectivity index (χ4n) is 10.4. The third-order valence-corrected chi connectivity index (χ3v) is 13.9. The number of epoxide rings is 1. The smallest absolute Gasteiger partial charge is 0.313 e. The van der Waals surface area contributed by atoms with Crippen LogP contribution in [0, 0.1) is 51.4 Å². The summed E-state index contributed by atoms with van der Waals surface area (Å²) >= 11 is 0. The van der Waals surface area contributed by atoms with Gasteiger partial charge in [0.2, 0.25) is 0 Å². The summed E-state index contributed by atoms with van der Waals surface area (Å²) < 4.78 is 24.4. The van der Waals surface area contributed by atoms with Crippen molar-refractivity contribution in [3.05, 3.63) is 35.3 Å². The van der Waals surface area contributed by atoms with E-state index in [-0.39, 0.29) is 47.9 Å². The molecular formula is C37H48O7Si. The second kappa shape index (κ2) is 10.2. The molecule has 7 nitrogen and oxygen atoms in total. The van der Waals surface area contributed by atoms with E-state index >= 15 is 0 Å². The Hall–Kier alpha value is -2.63. The molecule has 1 aromatic rings. The van der Waals surface area contributed by atoms with Gasteiger partial charge in [-0.2, -0.15) is 0 Å². The molecular weight excluding hydrogens is 584 g/mol. The first-order valence-electron chi connectivity index (χ1n) is 17.0. The van der Waals surface area contributed by atoms with Crippen molar-refractivity contribution in [1.82, 2.24) is 0 Å². The largest absolute Gasteiger partial charge is 0.468 e. The van der Waals surface area contributed by atoms with Gasteiger partial charge in [0.05, 0.1) is 23.7 Å². The van der Waals surface area contributed by atoms with Gasteiger partial charge in [0.1, 0.15) is 37.9 Å². The molecule has 0 unspecified atom stereocenters. The van der Waals surface area contributed by atoms with Crippen molar-refractivity contribution in [1.29, 1.82) is 0 Å². The van der Waals surface area contributed by atoms with Crippen molar-refractivity contribution >= 4 is 25.8 Å². The predicted octanol–water partition coefficient (Wildman–Crippen LogP) is 6.94. The van der Waals surface area contributed by atoms with Crippen LogP contribution in [-0.4, -0.2) is 44.6 Å². The van der Waals surface area contributed by atoms with Crippen LogP contribution in [0.25, 0.3) is 0 Å². The standard InChI is InChI=1S/C37H48O7Si/c1-22-16-31(39)37(21-42-23(2)38)30(11-8-13-35(37)20-43-35)36(22)19-29(44-33(36)40)26-12-14-41-32(26)27-17-24-18-28(34(24,3)4)25(27)10-9-15-45(5,6)7/h10,12,14,22,24,27-30H,8,11,13,16-21H2,1-7H3/b25-10+/t22-,24+,27+,28+,29+,30-,35+,36-,37+/m1/s1. The Bertz CT molecular complexity index is 1530. The zero-order valence-electron chi connectivity index (χ0n) is 27.9. The summed E-state index contributed by atoms with van der Waals surface area (Å²) in [5, 5.41) is 0. The lowest BCUT2D eigenvalue weighted by Gasteiger charge is -2.60. The number of hydrogen-bond donors (Lipinski definition) is 0. The minimum absolute atomic E-state index is 0.0392. The van der Waals surface area contributed by atoms with Crippen LogP contribution in [0.1, 0.15) is 96.0 Å². The van der Waals surface area contributed by atoms with Gasteiger partial charge in [0, 0.05) is 31.2 Å². The van der Waals surface area contributed by atoms with E-state index in [4.69, 9.17) is 18.6 Å². The molecule has 9 atom stereocenters. The Morgan fingerprint density at radius 2 is 1.96 bits per heavy atom. The van der Waals surface area contributed by atoms with Crippen molar-refractivity contribution in [2.45, 2.75) is 110 Å². The van der Waals surface area contributed by atoms with E-state index in [1.165, 1.54) is 18.9 Å². The maximum absolute atomic E-state index is 14.3. The van der Waals surface area contributed by atoms with Crippen molar-refractivity contribution < 1.29 is 33.0 Å². The highest BCUT2D eigenvalue weighted by Crippen LogP contribution is 2.70. The minimum Gasteiger partial charge on any atom is -0.468 e. The van der Waals surface area contributed by atoms with Crippen LogP contribution in [0.3, 0.4) is 0 Å². The Morgan fingerprint density at radius 3 is 2.62 bits per heavy atom. The van der Waals surface area contributed by atoms with E-state index in [9.17, 15) is 14.4 Å². The summed E-state index contributed by atoms with van der Waals surface area (Å²) in [6.45, 7) is 15.4. The maximum Gasteiger partial charge on any atom is 0.313 e. The third kappa shape index (κ3) is 4.42. The number of ketones is 1. The van der Waals surface area contributed by atoms with Crippen LogP contribution in [0.2, 0.25) is 19.6 Å². The molecule has 7 aliphatic rings. The molecule has 2 saturated heterocycles. The molecule has 2 aliphatic heterocycles. The van der Waals surface area contributed by atoms with Crippen LogP contribution in [0.4, 0.5) is 0 Å². The molecule has 45 heavy (non-hydrogen) atoms. The summed E-state index contributed by atoms with van der Waals surface area (Å²) in [6.07, 6.45) is 8.65. The number of allylic oxidation sites excluding steroid dienone is 2. The second-order valence-corrected chi connectivity index (χ2v) is 21.4. The number of rotatable bonds is 4. The van der Waals surface area contributed by atoms with Crippen molar-refractivity contribution in [3.8, 4) is 11.5 Å². The van der Waals surface area contributed by atoms with Gasteiger partial charge in [0.25, 0.3) is 0 Å². The van der Waals surface area contributed by atoms with Crippen molar-refractivity contribution in [2.75, 3.05) is 13.2 Å². The number of fused-ring (bicyclic) bond motifs is 5. The Morgan fingerprint density at radius 1 is 1.20 bits per heavy atom. The molecule has 7 fully saturated rings. The predicted molar refractivity (Wildman–Crippen MR) is 170 cm³/mol. The van der Waals surface area contributed by atoms with E-state index in [0.29, 0.717) is 31.3 Å². The van der Waals surface area contributed by atoms with Crippen molar-refractivity contribution in [3.63, 3.8) is 0 Å². The first-order valence-corrected chi connectivity index (χ1v) is 20.5. The SMILES string of the molecule is CC(=O)OC[C@@]12C(=O)C[C@@H](C)[C@]3(C[C@@H](c4ccoc4[C@H]4C[C@H]5C[C@@H](/C4=C/C#C[Si](C)(C)C)C5(C)C)OC3=O)[C@H]1CCC[C@]21CO1. The normalized spacial score (nSPS) is 42.1. The molecule has 8 rings (SSSR count). The van der Waals surface area contributed by atoms with Gasteiger partial charge >= 0.3 is 11.9 Å². The van der Waals surface area contributed by atoms with E-state index in [2.05, 4.69) is 51.0 Å². The topological polar surface area (TPSA) is 95.3 Å². The first kappa shape index (κ1) is 31.0. The third-order valence-electron chi connectivity index (χ3n) is 13.0. The molecule has 1 aromatic heterocycles. The van der Waals surface area contributed by atoms with Gasteiger partial charge in [-0.15, -0.1) is 5.54 Å². The van der Waals surface area contributed by atoms with Gasteiger partial charge in [-0.3, -0.25) is 14.4 Å². The number of carbonyl (C=O) groups excluding carboxylic acids is 3. The van der Waals surface area contributed by atoms with Crippen LogP contribution in [0.15, 0.2) is 28.4 Å². The average Bonchev–Trinajstić information content (AvgIpc) is 3.41. The lowest BCUT2D eigenvalue weighted by molar-refractivity contribution is -0.188. The highest BCUT2D eigenvalue weighted by Gasteiger charge is 2.78. The van der Waals surface area contributed by atoms with Gasteiger partial charge in [-0.05, 0) is 72.5 Å². The molecule has 8 heteroatoms. The number of Topliss-reactive ketones (excluding diaryl/α,β-unsaturated/α-hetero) is 1. The van der Waals surface area contributed by atoms with Crippen molar-refractivity contribution in [2.24, 2.45) is 39.9 Å². The zero-order valence-corrected chi connectivity index (χ0v) is 28.9. The van der Waals surface area contributed by atoms with Crippen LogP contribution in [-0.2, 0) is 28.6 Å². The number of cyclic esters (lactones) is 1. The highest BCUT2D eigenvalue weighted by molar-refractivity contribution is 6.83. The molecule has 2 bridgehead atoms. The Kier molecular flexibility index (Phi) is 7.01. The molecule has 0 N–H and O–H groups in total. The summed E-state index contributed by atoms with van der Waals surface area (Å²) in [6, 6.07) is 1.99. The number of carbonyl (C=O) groups is 3. The Labute approximate surface area is 268 Å². The first-order chi connectivity index (χ1) is 21.2. The van der Waals surface area contributed by atoms with Gasteiger partial charge < -0.3 is 18.6 Å². The Balaban J connectivity index is 1.25. The fraction of sp³-hybridized carbons (Fsp3) is 0.703.